The summed E-state index contributed by atoms with van der Waals surface area (Å²) >= 11 is 0. The van der Waals surface area contributed by atoms with E-state index < -0.39 is 0 Å². The van der Waals surface area contributed by atoms with Crippen molar-refractivity contribution in [1.82, 2.24) is 0 Å². The minimum absolute atomic E-state index is 0.712. The molecular weight excluding hydrogens is 268 g/mol. The summed E-state index contributed by atoms with van der Waals surface area (Å²) in [5.41, 5.74) is 4.68. The molecule has 0 amide bonds. The van der Waals surface area contributed by atoms with Gasteiger partial charge in [0.05, 0.1) is 5.76 Å². The van der Waals surface area contributed by atoms with Gasteiger partial charge in [-0.25, -0.2) is 0 Å². The molecule has 0 aromatic heterocycles. The van der Waals surface area contributed by atoms with Crippen LogP contribution in [0.15, 0.2) is 53.3 Å². The lowest BCUT2D eigenvalue weighted by atomic mass is 9.66. The summed E-state index contributed by atoms with van der Waals surface area (Å²) in [5, 5.41) is 0. The molecule has 1 saturated carbocycles. The molecule has 3 aliphatic rings. The highest BCUT2D eigenvalue weighted by molar-refractivity contribution is 5.36. The monoisotopic (exact) mass is 294 g/mol. The van der Waals surface area contributed by atoms with Crippen molar-refractivity contribution in [3.63, 3.8) is 0 Å². The summed E-state index contributed by atoms with van der Waals surface area (Å²) in [6.07, 6.45) is 13.3. The van der Waals surface area contributed by atoms with E-state index in [1.807, 2.05) is 0 Å². The zero-order valence-corrected chi connectivity index (χ0v) is 13.4. The van der Waals surface area contributed by atoms with Crippen molar-refractivity contribution in [2.45, 2.75) is 58.0 Å². The van der Waals surface area contributed by atoms with Gasteiger partial charge in [0, 0.05) is 6.42 Å². The summed E-state index contributed by atoms with van der Waals surface area (Å²) in [4.78, 5) is 0. The third-order valence-electron chi connectivity index (χ3n) is 5.79. The van der Waals surface area contributed by atoms with Crippen molar-refractivity contribution < 1.29 is 4.74 Å². The number of rotatable bonds is 3. The van der Waals surface area contributed by atoms with Crippen LogP contribution in [0.25, 0.3) is 0 Å². The number of ether oxygens (including phenoxy) is 1. The molecule has 0 heterocycles. The average molecular weight is 294 g/mol. The van der Waals surface area contributed by atoms with Crippen molar-refractivity contribution >= 4 is 0 Å². The lowest BCUT2D eigenvalue weighted by molar-refractivity contribution is 0.181. The van der Waals surface area contributed by atoms with Gasteiger partial charge in [0.2, 0.25) is 0 Å². The standard InChI is InChI=1S/C21H26O/c1-2-6-16(7-3-1)15-22-19-13-12-18-11-10-17-8-4-5-9-20(17)21(18)14-19/h1-3,6-7,14,17,20H,4-5,8-13,15H2/t17-,20-/m0/s1. The zero-order valence-electron chi connectivity index (χ0n) is 13.4. The Morgan fingerprint density at radius 1 is 0.909 bits per heavy atom. The SMILES string of the molecule is C1=C(OCc2ccccc2)CCC2=C1[C@H]1CCCC[C@H]1CC2. The van der Waals surface area contributed by atoms with Crippen molar-refractivity contribution in [1.29, 1.82) is 0 Å². The summed E-state index contributed by atoms with van der Waals surface area (Å²) < 4.78 is 6.12. The summed E-state index contributed by atoms with van der Waals surface area (Å²) in [6, 6.07) is 10.5. The third kappa shape index (κ3) is 2.86. The van der Waals surface area contributed by atoms with Crippen molar-refractivity contribution in [2.75, 3.05) is 0 Å². The maximum atomic E-state index is 6.12. The summed E-state index contributed by atoms with van der Waals surface area (Å²) in [7, 11) is 0. The molecule has 0 N–H and O–H groups in total. The van der Waals surface area contributed by atoms with Crippen LogP contribution < -0.4 is 0 Å². The number of benzene rings is 1. The highest BCUT2D eigenvalue weighted by atomic mass is 16.5. The van der Waals surface area contributed by atoms with Crippen LogP contribution in [0, 0.1) is 11.8 Å². The normalized spacial score (nSPS) is 27.7. The second-order valence-electron chi connectivity index (χ2n) is 7.13. The topological polar surface area (TPSA) is 9.23 Å². The summed E-state index contributed by atoms with van der Waals surface area (Å²) in [5.74, 6) is 3.01. The van der Waals surface area contributed by atoms with E-state index in [9.17, 15) is 0 Å². The highest BCUT2D eigenvalue weighted by Crippen LogP contribution is 2.47. The molecule has 1 aromatic carbocycles. The fourth-order valence-electron chi connectivity index (χ4n) is 4.59. The quantitative estimate of drug-likeness (QED) is 0.687. The molecule has 0 unspecified atom stereocenters. The Morgan fingerprint density at radius 3 is 2.68 bits per heavy atom. The van der Waals surface area contributed by atoms with E-state index in [0.29, 0.717) is 6.61 Å². The van der Waals surface area contributed by atoms with Crippen LogP contribution in [0.4, 0.5) is 0 Å². The van der Waals surface area contributed by atoms with Crippen molar-refractivity contribution in [3.05, 3.63) is 58.9 Å². The van der Waals surface area contributed by atoms with E-state index in [-0.39, 0.29) is 0 Å². The van der Waals surface area contributed by atoms with E-state index in [4.69, 9.17) is 4.74 Å². The summed E-state index contributed by atoms with van der Waals surface area (Å²) in [6.45, 7) is 0.712. The number of hydrogen-bond acceptors (Lipinski definition) is 1. The molecular formula is C21H26O. The first-order valence-corrected chi connectivity index (χ1v) is 8.99. The number of fused-ring (bicyclic) bond motifs is 2. The Balaban J connectivity index is 1.48. The molecule has 4 rings (SSSR count). The lowest BCUT2D eigenvalue weighted by Crippen LogP contribution is -2.27. The molecule has 2 atom stereocenters. The first-order valence-electron chi connectivity index (χ1n) is 8.99. The zero-order chi connectivity index (χ0) is 14.8. The fraction of sp³-hybridized carbons (Fsp3) is 0.524. The molecule has 1 fully saturated rings. The first-order chi connectivity index (χ1) is 10.9. The van der Waals surface area contributed by atoms with Crippen molar-refractivity contribution in [2.24, 2.45) is 11.8 Å². The van der Waals surface area contributed by atoms with Gasteiger partial charge in [-0.1, -0.05) is 48.7 Å². The molecule has 0 spiro atoms. The van der Waals surface area contributed by atoms with Gasteiger partial charge in [-0.15, -0.1) is 0 Å². The molecule has 3 aliphatic carbocycles. The maximum Gasteiger partial charge on any atom is 0.113 e. The molecule has 116 valence electrons. The Hall–Kier alpha value is -1.50. The van der Waals surface area contributed by atoms with Gasteiger partial charge >= 0.3 is 0 Å². The predicted octanol–water partition coefficient (Wildman–Crippen LogP) is 5.78. The molecule has 1 heteroatoms. The molecule has 0 aliphatic heterocycles. The van der Waals surface area contributed by atoms with Gasteiger partial charge in [0.15, 0.2) is 0 Å². The Morgan fingerprint density at radius 2 is 1.77 bits per heavy atom. The lowest BCUT2D eigenvalue weighted by Gasteiger charge is -2.39. The van der Waals surface area contributed by atoms with E-state index in [1.165, 1.54) is 56.3 Å². The van der Waals surface area contributed by atoms with Crippen LogP contribution in [0.1, 0.15) is 56.9 Å². The smallest absolute Gasteiger partial charge is 0.113 e. The van der Waals surface area contributed by atoms with E-state index in [0.717, 1.165) is 18.3 Å². The average Bonchev–Trinajstić information content (AvgIpc) is 2.60. The minimum atomic E-state index is 0.712. The first kappa shape index (κ1) is 14.1. The van der Waals surface area contributed by atoms with Crippen LogP contribution in [-0.2, 0) is 11.3 Å². The van der Waals surface area contributed by atoms with Gasteiger partial charge in [-0.2, -0.15) is 0 Å². The van der Waals surface area contributed by atoms with Crippen LogP contribution in [0.3, 0.4) is 0 Å². The number of hydrogen-bond donors (Lipinski definition) is 0. The van der Waals surface area contributed by atoms with Crippen LogP contribution in [-0.4, -0.2) is 0 Å². The molecule has 0 bridgehead atoms. The molecule has 1 nitrogen and oxygen atoms in total. The molecule has 1 aromatic rings. The van der Waals surface area contributed by atoms with Gasteiger partial charge < -0.3 is 4.74 Å². The van der Waals surface area contributed by atoms with Gasteiger partial charge in [-0.05, 0) is 61.2 Å². The Bertz CT molecular complexity index is 581. The van der Waals surface area contributed by atoms with Gasteiger partial charge in [0.1, 0.15) is 6.61 Å². The van der Waals surface area contributed by atoms with Gasteiger partial charge in [-0.3, -0.25) is 0 Å². The van der Waals surface area contributed by atoms with Crippen LogP contribution in [0.5, 0.6) is 0 Å². The molecule has 22 heavy (non-hydrogen) atoms. The Labute approximate surface area is 134 Å². The second-order valence-corrected chi connectivity index (χ2v) is 7.13. The minimum Gasteiger partial charge on any atom is -0.493 e. The second kappa shape index (κ2) is 6.32. The van der Waals surface area contributed by atoms with E-state index in [2.05, 4.69) is 36.4 Å². The van der Waals surface area contributed by atoms with Crippen LogP contribution in [0.2, 0.25) is 0 Å². The third-order valence-corrected chi connectivity index (χ3v) is 5.79. The Kier molecular flexibility index (Phi) is 4.05. The molecule has 0 radical (unpaired) electrons. The fourth-order valence-corrected chi connectivity index (χ4v) is 4.59. The highest BCUT2D eigenvalue weighted by Gasteiger charge is 2.33. The van der Waals surface area contributed by atoms with Crippen molar-refractivity contribution in [3.8, 4) is 0 Å². The van der Waals surface area contributed by atoms with Crippen LogP contribution >= 0.6 is 0 Å². The largest absolute Gasteiger partial charge is 0.493 e. The molecule has 0 saturated heterocycles. The van der Waals surface area contributed by atoms with E-state index in [1.54, 1.807) is 11.1 Å². The predicted molar refractivity (Wildman–Crippen MR) is 90.3 cm³/mol. The maximum absolute atomic E-state index is 6.12. The van der Waals surface area contributed by atoms with E-state index >= 15 is 0 Å². The van der Waals surface area contributed by atoms with Gasteiger partial charge in [0.25, 0.3) is 0 Å². The number of allylic oxidation sites excluding steroid dienone is 4.